The van der Waals surface area contributed by atoms with Crippen LogP contribution >= 0.6 is 11.3 Å². The number of carbonyl (C=O) groups excluding carboxylic acids is 1. The highest BCUT2D eigenvalue weighted by molar-refractivity contribution is 7.19. The molecule has 5 aromatic carbocycles. The molecule has 0 fully saturated rings. The number of nitrogens with one attached hydrogen (secondary N) is 2. The van der Waals surface area contributed by atoms with E-state index in [1.54, 1.807) is 0 Å². The van der Waals surface area contributed by atoms with Gasteiger partial charge in [-0.25, -0.2) is 4.79 Å². The van der Waals surface area contributed by atoms with Crippen LogP contribution in [0.3, 0.4) is 0 Å². The fourth-order valence-corrected chi connectivity index (χ4v) is 5.99. The summed E-state index contributed by atoms with van der Waals surface area (Å²) in [5.41, 5.74) is 2.15. The van der Waals surface area contributed by atoms with Crippen LogP contribution in [0.25, 0.3) is 48.7 Å². The maximum atomic E-state index is 12.5. The zero-order chi connectivity index (χ0) is 26.2. The monoisotopic (exact) mass is 528 g/mol. The van der Waals surface area contributed by atoms with Crippen molar-refractivity contribution in [1.29, 1.82) is 0 Å². The molecule has 8 heteroatoms. The number of hydrogen-bond acceptors (Lipinski definition) is 5. The molecule has 7 rings (SSSR count). The van der Waals surface area contributed by atoms with E-state index in [2.05, 4.69) is 80.6 Å². The lowest BCUT2D eigenvalue weighted by atomic mass is 9.91. The largest absolute Gasteiger partial charge is 0.338 e. The normalized spacial score (nSPS) is 11.5. The van der Waals surface area contributed by atoms with Crippen LogP contribution in [0.2, 0.25) is 0 Å². The third-order valence-corrected chi connectivity index (χ3v) is 7.99. The van der Waals surface area contributed by atoms with Gasteiger partial charge in [0.2, 0.25) is 5.82 Å². The van der Waals surface area contributed by atoms with Gasteiger partial charge in [0.05, 0.1) is 15.6 Å². The molecule has 0 spiro atoms. The Bertz CT molecular complexity index is 1910. The van der Waals surface area contributed by atoms with Crippen LogP contribution in [-0.4, -0.2) is 32.8 Å². The Hall–Kier alpha value is -4.82. The maximum Gasteiger partial charge on any atom is 0.319 e. The number of anilines is 1. The Morgan fingerprint density at radius 2 is 1.56 bits per heavy atom. The van der Waals surface area contributed by atoms with Crippen LogP contribution in [-0.2, 0) is 6.42 Å². The molecule has 7 nitrogen and oxygen atoms in total. The Morgan fingerprint density at radius 1 is 0.795 bits per heavy atom. The van der Waals surface area contributed by atoms with Crippen molar-refractivity contribution in [1.82, 2.24) is 25.5 Å². The van der Waals surface area contributed by atoms with Gasteiger partial charge in [0.15, 0.2) is 0 Å². The standard InChI is InChI=1S/C31H24N6OS/c38-31(33-27-18-17-26(39-27)30-34-36-37(35-30)24-9-2-1-3-10-24)32-19-5-8-20-11-12-23-14-13-21-6-4-7-22-15-16-25(20)29(23)28(21)22/h1-4,6-7,9-18H,5,8,19H2,(H2,32,33,38). The van der Waals surface area contributed by atoms with Crippen molar-refractivity contribution in [2.24, 2.45) is 0 Å². The summed E-state index contributed by atoms with van der Waals surface area (Å²) in [6.45, 7) is 0.582. The van der Waals surface area contributed by atoms with Gasteiger partial charge in [-0.3, -0.25) is 5.32 Å². The molecule has 2 N–H and O–H groups in total. The molecule has 190 valence electrons. The Balaban J connectivity index is 0.972. The smallest absolute Gasteiger partial charge is 0.319 e. The van der Waals surface area contributed by atoms with Gasteiger partial charge in [-0.1, -0.05) is 72.8 Å². The quantitative estimate of drug-likeness (QED) is 0.172. The molecule has 0 radical (unpaired) electrons. The van der Waals surface area contributed by atoms with Gasteiger partial charge in [-0.05, 0) is 80.2 Å². The average Bonchev–Trinajstić information content (AvgIpc) is 3.65. The Morgan fingerprint density at radius 3 is 2.41 bits per heavy atom. The van der Waals surface area contributed by atoms with E-state index in [1.165, 1.54) is 54.0 Å². The predicted molar refractivity (Wildman–Crippen MR) is 158 cm³/mol. The first-order valence-electron chi connectivity index (χ1n) is 12.9. The second-order valence-electron chi connectivity index (χ2n) is 9.47. The molecule has 0 aliphatic carbocycles. The van der Waals surface area contributed by atoms with E-state index < -0.39 is 0 Å². The number of thiophene rings is 1. The fraction of sp³-hybridized carbons (Fsp3) is 0.0968. The first-order valence-corrected chi connectivity index (χ1v) is 13.7. The number of para-hydroxylation sites is 1. The number of carbonyl (C=O) groups is 1. The van der Waals surface area contributed by atoms with Crippen molar-refractivity contribution in [2.45, 2.75) is 12.8 Å². The summed E-state index contributed by atoms with van der Waals surface area (Å²) in [7, 11) is 0. The van der Waals surface area contributed by atoms with Gasteiger partial charge < -0.3 is 5.32 Å². The molecule has 0 aliphatic rings. The predicted octanol–water partition coefficient (Wildman–Crippen LogP) is 7.04. The van der Waals surface area contributed by atoms with Crippen molar-refractivity contribution < 1.29 is 4.79 Å². The molecular formula is C31H24N6OS. The van der Waals surface area contributed by atoms with Gasteiger partial charge >= 0.3 is 6.03 Å². The number of urea groups is 1. The van der Waals surface area contributed by atoms with E-state index in [1.807, 2.05) is 42.5 Å². The van der Waals surface area contributed by atoms with Gasteiger partial charge in [-0.2, -0.15) is 0 Å². The second kappa shape index (κ2) is 9.81. The molecule has 7 aromatic rings. The number of aromatic nitrogens is 4. The number of tetrazole rings is 1. The lowest BCUT2D eigenvalue weighted by Gasteiger charge is -2.14. The van der Waals surface area contributed by atoms with E-state index in [4.69, 9.17) is 0 Å². The average molecular weight is 529 g/mol. The molecule has 0 unspecified atom stereocenters. The lowest BCUT2D eigenvalue weighted by Crippen LogP contribution is -2.29. The van der Waals surface area contributed by atoms with Gasteiger partial charge in [-0.15, -0.1) is 26.3 Å². The van der Waals surface area contributed by atoms with Crippen LogP contribution < -0.4 is 10.6 Å². The Labute approximate surface area is 228 Å². The van der Waals surface area contributed by atoms with Crippen molar-refractivity contribution in [3.8, 4) is 16.4 Å². The molecule has 2 amide bonds. The van der Waals surface area contributed by atoms with E-state index >= 15 is 0 Å². The van der Waals surface area contributed by atoms with E-state index in [-0.39, 0.29) is 6.03 Å². The van der Waals surface area contributed by atoms with E-state index in [9.17, 15) is 4.79 Å². The summed E-state index contributed by atoms with van der Waals surface area (Å²) in [4.78, 5) is 14.9. The molecule has 2 aromatic heterocycles. The summed E-state index contributed by atoms with van der Waals surface area (Å²) >= 11 is 1.41. The summed E-state index contributed by atoms with van der Waals surface area (Å²) in [5.74, 6) is 0.519. The molecule has 0 atom stereocenters. The molecule has 2 heterocycles. The van der Waals surface area contributed by atoms with Crippen LogP contribution in [0.5, 0.6) is 0 Å². The first kappa shape index (κ1) is 23.3. The number of nitrogens with zero attached hydrogens (tertiary/aromatic N) is 4. The number of hydrogen-bond donors (Lipinski definition) is 2. The summed E-state index contributed by atoms with van der Waals surface area (Å²) in [6.07, 6.45) is 1.74. The van der Waals surface area contributed by atoms with Crippen LogP contribution in [0.15, 0.2) is 97.1 Å². The minimum Gasteiger partial charge on any atom is -0.338 e. The zero-order valence-electron chi connectivity index (χ0n) is 21.0. The van der Waals surface area contributed by atoms with Gasteiger partial charge in [0.25, 0.3) is 0 Å². The highest BCUT2D eigenvalue weighted by atomic mass is 32.1. The van der Waals surface area contributed by atoms with E-state index in [0.717, 1.165) is 28.4 Å². The molecule has 0 aliphatic heterocycles. The van der Waals surface area contributed by atoms with Crippen molar-refractivity contribution in [3.63, 3.8) is 0 Å². The lowest BCUT2D eigenvalue weighted by molar-refractivity contribution is 0.252. The maximum absolute atomic E-state index is 12.5. The van der Waals surface area contributed by atoms with Crippen molar-refractivity contribution >= 4 is 54.7 Å². The first-order chi connectivity index (χ1) is 19.2. The third kappa shape index (κ3) is 4.45. The van der Waals surface area contributed by atoms with E-state index in [0.29, 0.717) is 12.4 Å². The van der Waals surface area contributed by atoms with Gasteiger partial charge in [0.1, 0.15) is 0 Å². The Kier molecular flexibility index (Phi) is 5.86. The van der Waals surface area contributed by atoms with Crippen molar-refractivity contribution in [3.05, 3.63) is 103 Å². The highest BCUT2D eigenvalue weighted by Crippen LogP contribution is 2.36. The summed E-state index contributed by atoms with van der Waals surface area (Å²) in [5, 5.41) is 27.2. The molecule has 0 saturated carbocycles. The van der Waals surface area contributed by atoms with Gasteiger partial charge in [0, 0.05) is 6.54 Å². The summed E-state index contributed by atoms with van der Waals surface area (Å²) in [6, 6.07) is 32.9. The molecule has 39 heavy (non-hydrogen) atoms. The number of rotatable bonds is 7. The molecule has 0 saturated heterocycles. The SMILES string of the molecule is O=C(NCCCc1ccc2ccc3cccc4ccc1c2c34)Nc1ccc(-c2nnn(-c3ccccc3)n2)s1. The zero-order valence-corrected chi connectivity index (χ0v) is 21.8. The minimum atomic E-state index is -0.223. The molecular weight excluding hydrogens is 504 g/mol. The highest BCUT2D eigenvalue weighted by Gasteiger charge is 2.13. The van der Waals surface area contributed by atoms with Crippen molar-refractivity contribution in [2.75, 3.05) is 11.9 Å². The molecule has 0 bridgehead atoms. The summed E-state index contributed by atoms with van der Waals surface area (Å²) < 4.78 is 0. The fourth-order valence-electron chi connectivity index (χ4n) is 5.16. The van der Waals surface area contributed by atoms with Crippen LogP contribution in [0, 0.1) is 0 Å². The third-order valence-electron chi connectivity index (χ3n) is 6.99. The number of aryl methyl sites for hydroxylation is 1. The van der Waals surface area contributed by atoms with Crippen LogP contribution in [0.1, 0.15) is 12.0 Å². The van der Waals surface area contributed by atoms with Crippen LogP contribution in [0.4, 0.5) is 9.80 Å². The minimum absolute atomic E-state index is 0.223. The topological polar surface area (TPSA) is 84.7 Å². The number of amides is 2. The second-order valence-corrected chi connectivity index (χ2v) is 10.6. The number of benzene rings is 5.